The average Bonchev–Trinajstić information content (AvgIpc) is 2.32. The predicted molar refractivity (Wildman–Crippen MR) is 67.5 cm³/mol. The zero-order valence-electron chi connectivity index (χ0n) is 8.77. The monoisotopic (exact) mass is 275 g/mol. The number of hydrogen-bond acceptors (Lipinski definition) is 2. The summed E-state index contributed by atoms with van der Waals surface area (Å²) in [7, 11) is 0. The number of hydrogen-bond donors (Lipinski definition) is 0. The molecule has 0 amide bonds. The van der Waals surface area contributed by atoms with E-state index in [1.54, 1.807) is 18.5 Å². The minimum absolute atomic E-state index is 0.663. The molecule has 1 heterocycles. The maximum atomic E-state index is 11.0. The SMILES string of the molecule is Cc1ccc(Br)cc1-c1cnccc1C=O. The fourth-order valence-corrected chi connectivity index (χ4v) is 1.98. The molecule has 2 rings (SSSR count). The first kappa shape index (κ1) is 11.0. The second-order valence-electron chi connectivity index (χ2n) is 3.54. The molecule has 0 radical (unpaired) electrons. The van der Waals surface area contributed by atoms with Crippen LogP contribution in [0.25, 0.3) is 11.1 Å². The maximum absolute atomic E-state index is 11.0. The first-order chi connectivity index (χ1) is 7.72. The van der Waals surface area contributed by atoms with Crippen molar-refractivity contribution in [2.75, 3.05) is 0 Å². The third kappa shape index (κ3) is 2.04. The molecule has 3 heteroatoms. The number of aromatic nitrogens is 1. The lowest BCUT2D eigenvalue weighted by atomic mass is 9.99. The van der Waals surface area contributed by atoms with Crippen LogP contribution in [0.4, 0.5) is 0 Å². The highest BCUT2D eigenvalue weighted by Crippen LogP contribution is 2.28. The van der Waals surface area contributed by atoms with Crippen LogP contribution in [0.3, 0.4) is 0 Å². The maximum Gasteiger partial charge on any atom is 0.150 e. The molecule has 1 aromatic heterocycles. The number of carbonyl (C=O) groups is 1. The largest absolute Gasteiger partial charge is 0.298 e. The molecule has 2 aromatic rings. The van der Waals surface area contributed by atoms with Crippen LogP contribution < -0.4 is 0 Å². The van der Waals surface area contributed by atoms with Gasteiger partial charge in [-0.3, -0.25) is 9.78 Å². The van der Waals surface area contributed by atoms with E-state index < -0.39 is 0 Å². The number of benzene rings is 1. The minimum atomic E-state index is 0.663. The highest BCUT2D eigenvalue weighted by Gasteiger charge is 2.07. The molecule has 0 spiro atoms. The van der Waals surface area contributed by atoms with Gasteiger partial charge in [-0.25, -0.2) is 0 Å². The lowest BCUT2D eigenvalue weighted by molar-refractivity contribution is 0.112. The number of halogens is 1. The number of aldehydes is 1. The highest BCUT2D eigenvalue weighted by atomic mass is 79.9. The Bertz CT molecular complexity index is 537. The summed E-state index contributed by atoms with van der Waals surface area (Å²) in [5.41, 5.74) is 3.69. The summed E-state index contributed by atoms with van der Waals surface area (Å²) < 4.78 is 0.994. The first-order valence-electron chi connectivity index (χ1n) is 4.88. The molecule has 0 bridgehead atoms. The fraction of sp³-hybridized carbons (Fsp3) is 0.0769. The third-order valence-electron chi connectivity index (χ3n) is 2.47. The van der Waals surface area contributed by atoms with E-state index in [4.69, 9.17) is 0 Å². The molecule has 0 fully saturated rings. The quantitative estimate of drug-likeness (QED) is 0.784. The molecule has 0 N–H and O–H groups in total. The Morgan fingerprint density at radius 3 is 2.81 bits per heavy atom. The first-order valence-corrected chi connectivity index (χ1v) is 5.67. The van der Waals surface area contributed by atoms with E-state index in [0.717, 1.165) is 27.4 Å². The topological polar surface area (TPSA) is 30.0 Å². The molecule has 80 valence electrons. The third-order valence-corrected chi connectivity index (χ3v) is 2.96. The number of carbonyl (C=O) groups excluding carboxylic acids is 1. The van der Waals surface area contributed by atoms with Crippen molar-refractivity contribution < 1.29 is 4.79 Å². The van der Waals surface area contributed by atoms with Crippen LogP contribution >= 0.6 is 15.9 Å². The van der Waals surface area contributed by atoms with E-state index in [0.29, 0.717) is 5.56 Å². The summed E-state index contributed by atoms with van der Waals surface area (Å²) >= 11 is 3.43. The number of pyridine rings is 1. The van der Waals surface area contributed by atoms with E-state index in [1.165, 1.54) is 0 Å². The molecule has 0 aliphatic carbocycles. The van der Waals surface area contributed by atoms with Crippen molar-refractivity contribution in [2.45, 2.75) is 6.92 Å². The van der Waals surface area contributed by atoms with E-state index in [2.05, 4.69) is 20.9 Å². The van der Waals surface area contributed by atoms with Crippen LogP contribution in [-0.4, -0.2) is 11.3 Å². The summed E-state index contributed by atoms with van der Waals surface area (Å²) in [4.78, 5) is 15.0. The van der Waals surface area contributed by atoms with Gasteiger partial charge in [0, 0.05) is 28.0 Å². The van der Waals surface area contributed by atoms with Crippen LogP contribution in [0.5, 0.6) is 0 Å². The van der Waals surface area contributed by atoms with Gasteiger partial charge in [0.15, 0.2) is 6.29 Å². The molecular weight excluding hydrogens is 266 g/mol. The summed E-state index contributed by atoms with van der Waals surface area (Å²) in [5.74, 6) is 0. The second-order valence-corrected chi connectivity index (χ2v) is 4.46. The molecule has 1 aromatic carbocycles. The van der Waals surface area contributed by atoms with Crippen LogP contribution in [0, 0.1) is 6.92 Å². The normalized spacial score (nSPS) is 10.1. The van der Waals surface area contributed by atoms with Crippen molar-refractivity contribution in [2.24, 2.45) is 0 Å². The highest BCUT2D eigenvalue weighted by molar-refractivity contribution is 9.10. The molecule has 0 saturated carbocycles. The van der Waals surface area contributed by atoms with E-state index in [9.17, 15) is 4.79 Å². The molecule has 0 aliphatic rings. The summed E-state index contributed by atoms with van der Waals surface area (Å²) in [6.07, 6.45) is 4.20. The summed E-state index contributed by atoms with van der Waals surface area (Å²) in [6, 6.07) is 7.72. The molecular formula is C13H10BrNO. The Balaban J connectivity index is 2.66. The van der Waals surface area contributed by atoms with Crippen LogP contribution in [0.1, 0.15) is 15.9 Å². The molecule has 0 atom stereocenters. The van der Waals surface area contributed by atoms with Gasteiger partial charge >= 0.3 is 0 Å². The van der Waals surface area contributed by atoms with Gasteiger partial charge in [-0.15, -0.1) is 0 Å². The average molecular weight is 276 g/mol. The van der Waals surface area contributed by atoms with Crippen LogP contribution in [0.2, 0.25) is 0 Å². The smallest absolute Gasteiger partial charge is 0.150 e. The van der Waals surface area contributed by atoms with Gasteiger partial charge < -0.3 is 0 Å². The lowest BCUT2D eigenvalue weighted by Gasteiger charge is -2.08. The summed E-state index contributed by atoms with van der Waals surface area (Å²) in [6.45, 7) is 2.02. The Hall–Kier alpha value is -1.48. The van der Waals surface area contributed by atoms with Crippen molar-refractivity contribution in [3.05, 3.63) is 52.3 Å². The van der Waals surface area contributed by atoms with Gasteiger partial charge in [0.25, 0.3) is 0 Å². The Morgan fingerprint density at radius 2 is 2.06 bits per heavy atom. The van der Waals surface area contributed by atoms with Crippen molar-refractivity contribution in [3.63, 3.8) is 0 Å². The van der Waals surface area contributed by atoms with Crippen molar-refractivity contribution in [3.8, 4) is 11.1 Å². The van der Waals surface area contributed by atoms with Gasteiger partial charge in [-0.2, -0.15) is 0 Å². The minimum Gasteiger partial charge on any atom is -0.298 e. The predicted octanol–water partition coefficient (Wildman–Crippen LogP) is 3.63. The second kappa shape index (κ2) is 4.58. The van der Waals surface area contributed by atoms with Crippen LogP contribution in [0.15, 0.2) is 41.1 Å². The Morgan fingerprint density at radius 1 is 1.25 bits per heavy atom. The number of rotatable bonds is 2. The Labute approximate surface area is 102 Å². The van der Waals surface area contributed by atoms with Gasteiger partial charge in [0.2, 0.25) is 0 Å². The van der Waals surface area contributed by atoms with Gasteiger partial charge in [0.05, 0.1) is 0 Å². The zero-order valence-corrected chi connectivity index (χ0v) is 10.4. The van der Waals surface area contributed by atoms with E-state index >= 15 is 0 Å². The molecule has 0 saturated heterocycles. The summed E-state index contributed by atoms with van der Waals surface area (Å²) in [5, 5.41) is 0. The standard InChI is InChI=1S/C13H10BrNO/c1-9-2-3-11(14)6-12(9)13-7-15-5-4-10(13)8-16/h2-8H,1H3. The van der Waals surface area contributed by atoms with Gasteiger partial charge in [0.1, 0.15) is 0 Å². The lowest BCUT2D eigenvalue weighted by Crippen LogP contribution is -1.91. The molecule has 0 aliphatic heterocycles. The van der Waals surface area contributed by atoms with E-state index in [1.807, 2.05) is 25.1 Å². The molecule has 16 heavy (non-hydrogen) atoms. The van der Waals surface area contributed by atoms with Crippen molar-refractivity contribution in [1.29, 1.82) is 0 Å². The number of aryl methyl sites for hydroxylation is 1. The molecule has 2 nitrogen and oxygen atoms in total. The Kier molecular flexibility index (Phi) is 3.15. The van der Waals surface area contributed by atoms with Gasteiger partial charge in [-0.05, 0) is 36.2 Å². The van der Waals surface area contributed by atoms with Crippen molar-refractivity contribution >= 4 is 22.2 Å². The fourth-order valence-electron chi connectivity index (χ4n) is 1.62. The van der Waals surface area contributed by atoms with Crippen LogP contribution in [-0.2, 0) is 0 Å². The van der Waals surface area contributed by atoms with Crippen molar-refractivity contribution in [1.82, 2.24) is 4.98 Å². The van der Waals surface area contributed by atoms with E-state index in [-0.39, 0.29) is 0 Å². The zero-order chi connectivity index (χ0) is 11.5. The molecule has 0 unspecified atom stereocenters. The number of nitrogens with zero attached hydrogens (tertiary/aromatic N) is 1. The van der Waals surface area contributed by atoms with Gasteiger partial charge in [-0.1, -0.05) is 22.0 Å².